The maximum atomic E-state index is 12.4. The van der Waals surface area contributed by atoms with E-state index in [9.17, 15) is 4.79 Å². The second kappa shape index (κ2) is 5.89. The molecular weight excluding hydrogens is 224 g/mol. The Morgan fingerprint density at radius 1 is 1.22 bits per heavy atom. The van der Waals surface area contributed by atoms with Gasteiger partial charge in [0.1, 0.15) is 0 Å². The highest BCUT2D eigenvalue weighted by Gasteiger charge is 2.19. The van der Waals surface area contributed by atoms with E-state index >= 15 is 0 Å². The molecule has 0 aliphatic carbocycles. The highest BCUT2D eigenvalue weighted by Crippen LogP contribution is 2.18. The molecule has 3 heteroatoms. The first-order valence-electron chi connectivity index (χ1n) is 6.78. The van der Waals surface area contributed by atoms with Crippen molar-refractivity contribution in [3.05, 3.63) is 29.8 Å². The van der Waals surface area contributed by atoms with Crippen LogP contribution in [-0.2, 0) is 0 Å². The van der Waals surface area contributed by atoms with Crippen molar-refractivity contribution in [1.82, 2.24) is 4.90 Å². The molecule has 1 heterocycles. The van der Waals surface area contributed by atoms with Gasteiger partial charge in [-0.15, -0.1) is 0 Å². The molecule has 2 rings (SSSR count). The van der Waals surface area contributed by atoms with Crippen molar-refractivity contribution < 1.29 is 4.79 Å². The van der Waals surface area contributed by atoms with Crippen LogP contribution in [0.4, 0.5) is 5.69 Å². The van der Waals surface area contributed by atoms with Gasteiger partial charge in [-0.25, -0.2) is 0 Å². The minimum Gasteiger partial charge on any atom is -0.388 e. The lowest BCUT2D eigenvalue weighted by atomic mass is 10.0. The van der Waals surface area contributed by atoms with Gasteiger partial charge in [0.05, 0.1) is 0 Å². The van der Waals surface area contributed by atoms with Crippen LogP contribution in [0.2, 0.25) is 0 Å². The molecule has 0 bridgehead atoms. The molecule has 18 heavy (non-hydrogen) atoms. The van der Waals surface area contributed by atoms with E-state index in [2.05, 4.69) is 12.2 Å². The SMILES string of the molecule is CNc1ccc(C(=O)N2CCCC(C)CC2)cc1. The largest absolute Gasteiger partial charge is 0.388 e. The van der Waals surface area contributed by atoms with Crippen molar-refractivity contribution in [3.8, 4) is 0 Å². The van der Waals surface area contributed by atoms with Crippen molar-refractivity contribution in [3.63, 3.8) is 0 Å². The second-order valence-corrected chi connectivity index (χ2v) is 5.16. The van der Waals surface area contributed by atoms with Crippen LogP contribution in [0.1, 0.15) is 36.5 Å². The van der Waals surface area contributed by atoms with Gasteiger partial charge < -0.3 is 10.2 Å². The molecule has 1 fully saturated rings. The third-order valence-corrected chi connectivity index (χ3v) is 3.72. The number of likely N-dealkylation sites (tertiary alicyclic amines) is 1. The van der Waals surface area contributed by atoms with Crippen molar-refractivity contribution in [2.24, 2.45) is 5.92 Å². The van der Waals surface area contributed by atoms with Crippen LogP contribution in [0.15, 0.2) is 24.3 Å². The van der Waals surface area contributed by atoms with Gasteiger partial charge in [-0.1, -0.05) is 6.92 Å². The van der Waals surface area contributed by atoms with Crippen LogP contribution in [0.5, 0.6) is 0 Å². The Hall–Kier alpha value is -1.51. The van der Waals surface area contributed by atoms with Crippen LogP contribution in [0, 0.1) is 5.92 Å². The number of rotatable bonds is 2. The Morgan fingerprint density at radius 2 is 1.94 bits per heavy atom. The Labute approximate surface area is 109 Å². The van der Waals surface area contributed by atoms with E-state index in [1.54, 1.807) is 0 Å². The summed E-state index contributed by atoms with van der Waals surface area (Å²) in [6, 6.07) is 7.71. The first-order chi connectivity index (χ1) is 8.70. The number of hydrogen-bond acceptors (Lipinski definition) is 2. The molecule has 1 aliphatic heterocycles. The van der Waals surface area contributed by atoms with Crippen molar-refractivity contribution in [2.45, 2.75) is 26.2 Å². The molecule has 0 aromatic heterocycles. The molecule has 1 unspecified atom stereocenters. The summed E-state index contributed by atoms with van der Waals surface area (Å²) >= 11 is 0. The van der Waals surface area contributed by atoms with E-state index in [1.165, 1.54) is 6.42 Å². The number of anilines is 1. The van der Waals surface area contributed by atoms with Gasteiger partial charge in [0, 0.05) is 31.4 Å². The first kappa shape index (κ1) is 12.9. The van der Waals surface area contributed by atoms with Gasteiger partial charge >= 0.3 is 0 Å². The number of amides is 1. The predicted molar refractivity (Wildman–Crippen MR) is 74.9 cm³/mol. The topological polar surface area (TPSA) is 32.3 Å². The summed E-state index contributed by atoms with van der Waals surface area (Å²) in [6.07, 6.45) is 3.49. The molecule has 1 aromatic carbocycles. The number of carbonyl (C=O) groups is 1. The zero-order valence-corrected chi connectivity index (χ0v) is 11.3. The zero-order valence-electron chi connectivity index (χ0n) is 11.3. The molecule has 0 spiro atoms. The summed E-state index contributed by atoms with van der Waals surface area (Å²) in [7, 11) is 1.88. The van der Waals surface area contributed by atoms with E-state index in [-0.39, 0.29) is 5.91 Å². The summed E-state index contributed by atoms with van der Waals surface area (Å²) in [5.74, 6) is 0.918. The van der Waals surface area contributed by atoms with Crippen LogP contribution in [0.25, 0.3) is 0 Å². The molecule has 1 atom stereocenters. The number of carbonyl (C=O) groups excluding carboxylic acids is 1. The summed E-state index contributed by atoms with van der Waals surface area (Å²) in [4.78, 5) is 14.4. The molecule has 0 radical (unpaired) electrons. The summed E-state index contributed by atoms with van der Waals surface area (Å²) in [6.45, 7) is 4.07. The third kappa shape index (κ3) is 3.03. The van der Waals surface area contributed by atoms with Gasteiger partial charge in [0.15, 0.2) is 0 Å². The molecule has 1 saturated heterocycles. The summed E-state index contributed by atoms with van der Waals surface area (Å²) in [5, 5.41) is 3.06. The highest BCUT2D eigenvalue weighted by atomic mass is 16.2. The van der Waals surface area contributed by atoms with Crippen molar-refractivity contribution in [2.75, 3.05) is 25.5 Å². The van der Waals surface area contributed by atoms with Gasteiger partial charge in [0.2, 0.25) is 0 Å². The average Bonchev–Trinajstić information content (AvgIpc) is 2.63. The lowest BCUT2D eigenvalue weighted by Gasteiger charge is -2.20. The van der Waals surface area contributed by atoms with Crippen LogP contribution >= 0.6 is 0 Å². The van der Waals surface area contributed by atoms with E-state index in [0.717, 1.165) is 43.1 Å². The van der Waals surface area contributed by atoms with E-state index in [0.29, 0.717) is 0 Å². The van der Waals surface area contributed by atoms with Crippen LogP contribution in [0.3, 0.4) is 0 Å². The zero-order chi connectivity index (χ0) is 13.0. The maximum Gasteiger partial charge on any atom is 0.253 e. The fraction of sp³-hybridized carbons (Fsp3) is 0.533. The molecular formula is C15H22N2O. The molecule has 1 aromatic rings. The summed E-state index contributed by atoms with van der Waals surface area (Å²) < 4.78 is 0. The van der Waals surface area contributed by atoms with Gasteiger partial charge in [0.25, 0.3) is 5.91 Å². The van der Waals surface area contributed by atoms with Gasteiger partial charge in [-0.3, -0.25) is 4.79 Å². The number of hydrogen-bond donors (Lipinski definition) is 1. The van der Waals surface area contributed by atoms with E-state index in [4.69, 9.17) is 0 Å². The average molecular weight is 246 g/mol. The Bertz CT molecular complexity index is 399. The normalized spacial score (nSPS) is 20.3. The number of benzene rings is 1. The van der Waals surface area contributed by atoms with Gasteiger partial charge in [-0.2, -0.15) is 0 Å². The second-order valence-electron chi connectivity index (χ2n) is 5.16. The van der Waals surface area contributed by atoms with E-state index in [1.807, 2.05) is 36.2 Å². The number of nitrogens with one attached hydrogen (secondary N) is 1. The minimum absolute atomic E-state index is 0.173. The summed E-state index contributed by atoms with van der Waals surface area (Å²) in [5.41, 5.74) is 1.83. The molecule has 3 nitrogen and oxygen atoms in total. The lowest BCUT2D eigenvalue weighted by molar-refractivity contribution is 0.0760. The monoisotopic (exact) mass is 246 g/mol. The standard InChI is InChI=1S/C15H22N2O/c1-12-4-3-10-17(11-9-12)15(18)13-5-7-14(16-2)8-6-13/h5-8,12,16H,3-4,9-11H2,1-2H3. The van der Waals surface area contributed by atoms with Gasteiger partial charge in [-0.05, 0) is 49.4 Å². The van der Waals surface area contributed by atoms with Crippen LogP contribution in [-0.4, -0.2) is 30.9 Å². The van der Waals surface area contributed by atoms with Crippen molar-refractivity contribution in [1.29, 1.82) is 0 Å². The predicted octanol–water partition coefficient (Wildman–Crippen LogP) is 2.99. The molecule has 1 aliphatic rings. The molecule has 0 saturated carbocycles. The number of nitrogens with zero attached hydrogens (tertiary/aromatic N) is 1. The molecule has 1 N–H and O–H groups in total. The Balaban J connectivity index is 2.05. The third-order valence-electron chi connectivity index (χ3n) is 3.72. The van der Waals surface area contributed by atoms with Crippen molar-refractivity contribution >= 4 is 11.6 Å². The lowest BCUT2D eigenvalue weighted by Crippen LogP contribution is -2.31. The van der Waals surface area contributed by atoms with Crippen LogP contribution < -0.4 is 5.32 Å². The molecule has 1 amide bonds. The Kier molecular flexibility index (Phi) is 4.24. The fourth-order valence-corrected chi connectivity index (χ4v) is 2.43. The minimum atomic E-state index is 0.173. The smallest absolute Gasteiger partial charge is 0.253 e. The first-order valence-corrected chi connectivity index (χ1v) is 6.78. The fourth-order valence-electron chi connectivity index (χ4n) is 2.43. The Morgan fingerprint density at radius 3 is 2.61 bits per heavy atom. The maximum absolute atomic E-state index is 12.4. The highest BCUT2D eigenvalue weighted by molar-refractivity contribution is 5.94. The van der Waals surface area contributed by atoms with E-state index < -0.39 is 0 Å². The quantitative estimate of drug-likeness (QED) is 0.870. The molecule has 98 valence electrons.